The molecule has 1 heterocycles. The predicted octanol–water partition coefficient (Wildman–Crippen LogP) is 0.554. The minimum absolute atomic E-state index is 0.112. The van der Waals surface area contributed by atoms with Gasteiger partial charge in [-0.05, 0) is 37.1 Å². The second kappa shape index (κ2) is 7.70. The molecule has 1 saturated heterocycles. The van der Waals surface area contributed by atoms with Crippen molar-refractivity contribution in [2.24, 2.45) is 17.1 Å². The highest BCUT2D eigenvalue weighted by molar-refractivity contribution is 7.87. The second-order valence-electron chi connectivity index (χ2n) is 6.31. The standard InChI is InChI=1S/C13H29N3O3S/c1-13(2,6-9-19-3)11-15-20(17,18)16-7-4-12(10-14)5-8-16/h12,15H,4-11,14H2,1-3H3. The fourth-order valence-corrected chi connectivity index (χ4v) is 3.68. The third-order valence-corrected chi connectivity index (χ3v) is 5.52. The van der Waals surface area contributed by atoms with Crippen molar-refractivity contribution >= 4 is 10.2 Å². The van der Waals surface area contributed by atoms with E-state index in [1.807, 2.05) is 13.8 Å². The van der Waals surface area contributed by atoms with Crippen LogP contribution in [0, 0.1) is 11.3 Å². The topological polar surface area (TPSA) is 84.7 Å². The lowest BCUT2D eigenvalue weighted by atomic mass is 9.90. The van der Waals surface area contributed by atoms with Crippen LogP contribution in [0.3, 0.4) is 0 Å². The average Bonchev–Trinajstić information content (AvgIpc) is 2.43. The minimum Gasteiger partial charge on any atom is -0.385 e. The van der Waals surface area contributed by atoms with Gasteiger partial charge in [0, 0.05) is 33.4 Å². The summed E-state index contributed by atoms with van der Waals surface area (Å²) in [6.45, 7) is 6.91. The van der Waals surface area contributed by atoms with Crippen molar-refractivity contribution in [3.05, 3.63) is 0 Å². The third kappa shape index (κ3) is 5.65. The Balaban J connectivity index is 2.46. The molecule has 0 bridgehead atoms. The summed E-state index contributed by atoms with van der Waals surface area (Å²) in [5.41, 5.74) is 5.51. The molecule has 0 saturated carbocycles. The van der Waals surface area contributed by atoms with Gasteiger partial charge < -0.3 is 10.5 Å². The molecule has 3 N–H and O–H groups in total. The summed E-state index contributed by atoms with van der Waals surface area (Å²) < 4.78 is 33.8. The van der Waals surface area contributed by atoms with Gasteiger partial charge in [-0.1, -0.05) is 13.8 Å². The lowest BCUT2D eigenvalue weighted by Crippen LogP contribution is -2.47. The number of nitrogens with two attached hydrogens (primary N) is 1. The van der Waals surface area contributed by atoms with Gasteiger partial charge in [0.05, 0.1) is 0 Å². The van der Waals surface area contributed by atoms with Crippen LogP contribution < -0.4 is 10.5 Å². The van der Waals surface area contributed by atoms with Crippen molar-refractivity contribution in [2.75, 3.05) is 39.9 Å². The Hall–Kier alpha value is -0.210. The van der Waals surface area contributed by atoms with Gasteiger partial charge >= 0.3 is 0 Å². The van der Waals surface area contributed by atoms with Gasteiger partial charge in [0.15, 0.2) is 0 Å². The normalized spacial score (nSPS) is 19.4. The molecule has 0 unspecified atom stereocenters. The Morgan fingerprint density at radius 3 is 2.45 bits per heavy atom. The van der Waals surface area contributed by atoms with Crippen LogP contribution in [-0.4, -0.2) is 52.6 Å². The molecule has 0 spiro atoms. The van der Waals surface area contributed by atoms with Crippen molar-refractivity contribution in [1.29, 1.82) is 0 Å². The van der Waals surface area contributed by atoms with E-state index in [0.29, 0.717) is 38.7 Å². The largest absolute Gasteiger partial charge is 0.385 e. The molecule has 0 aliphatic carbocycles. The average molecular weight is 307 g/mol. The number of hydrogen-bond donors (Lipinski definition) is 2. The third-order valence-electron chi connectivity index (χ3n) is 3.96. The summed E-state index contributed by atoms with van der Waals surface area (Å²) in [7, 11) is -1.72. The lowest BCUT2D eigenvalue weighted by Gasteiger charge is -2.32. The molecule has 0 atom stereocenters. The first kappa shape index (κ1) is 17.8. The molecule has 0 amide bonds. The molecule has 1 aliphatic rings. The maximum Gasteiger partial charge on any atom is 0.279 e. The molecule has 0 aromatic heterocycles. The van der Waals surface area contributed by atoms with E-state index < -0.39 is 10.2 Å². The van der Waals surface area contributed by atoms with Crippen molar-refractivity contribution in [2.45, 2.75) is 33.1 Å². The monoisotopic (exact) mass is 307 g/mol. The van der Waals surface area contributed by atoms with E-state index in [2.05, 4.69) is 4.72 Å². The molecular formula is C13H29N3O3S. The number of piperidine rings is 1. The quantitative estimate of drug-likeness (QED) is 0.686. The van der Waals surface area contributed by atoms with Crippen LogP contribution >= 0.6 is 0 Å². The van der Waals surface area contributed by atoms with E-state index in [4.69, 9.17) is 10.5 Å². The fraction of sp³-hybridized carbons (Fsp3) is 1.00. The van der Waals surface area contributed by atoms with Gasteiger partial charge in [0.25, 0.3) is 10.2 Å². The Morgan fingerprint density at radius 2 is 1.95 bits per heavy atom. The maximum absolute atomic E-state index is 12.3. The summed E-state index contributed by atoms with van der Waals surface area (Å²) in [5, 5.41) is 0. The molecule has 0 aromatic rings. The first-order valence-electron chi connectivity index (χ1n) is 7.24. The first-order valence-corrected chi connectivity index (χ1v) is 8.68. The molecule has 0 radical (unpaired) electrons. The summed E-state index contributed by atoms with van der Waals surface area (Å²) >= 11 is 0. The highest BCUT2D eigenvalue weighted by atomic mass is 32.2. The number of ether oxygens (including phenoxy) is 1. The molecule has 1 aliphatic heterocycles. The number of nitrogens with zero attached hydrogens (tertiary/aromatic N) is 1. The first-order chi connectivity index (χ1) is 9.30. The van der Waals surface area contributed by atoms with Gasteiger partial charge in [-0.3, -0.25) is 0 Å². The zero-order valence-corrected chi connectivity index (χ0v) is 13.7. The van der Waals surface area contributed by atoms with Crippen molar-refractivity contribution < 1.29 is 13.2 Å². The van der Waals surface area contributed by atoms with E-state index in [1.165, 1.54) is 4.31 Å². The Morgan fingerprint density at radius 1 is 1.35 bits per heavy atom. The molecule has 0 aromatic carbocycles. The number of rotatable bonds is 8. The Kier molecular flexibility index (Phi) is 6.87. The molecule has 1 rings (SSSR count). The van der Waals surface area contributed by atoms with Gasteiger partial charge in [-0.2, -0.15) is 12.7 Å². The Labute approximate surface area is 123 Å². The van der Waals surface area contributed by atoms with Crippen LogP contribution in [0.25, 0.3) is 0 Å². The molecule has 1 fully saturated rings. The molecular weight excluding hydrogens is 278 g/mol. The van der Waals surface area contributed by atoms with Crippen LogP contribution in [0.15, 0.2) is 0 Å². The molecule has 120 valence electrons. The van der Waals surface area contributed by atoms with Crippen molar-refractivity contribution in [3.8, 4) is 0 Å². The van der Waals surface area contributed by atoms with Gasteiger partial charge in [0.2, 0.25) is 0 Å². The van der Waals surface area contributed by atoms with E-state index >= 15 is 0 Å². The van der Waals surface area contributed by atoms with Crippen molar-refractivity contribution in [1.82, 2.24) is 9.03 Å². The van der Waals surface area contributed by atoms with Crippen LogP contribution in [0.5, 0.6) is 0 Å². The molecule has 7 heteroatoms. The van der Waals surface area contributed by atoms with Crippen molar-refractivity contribution in [3.63, 3.8) is 0 Å². The lowest BCUT2D eigenvalue weighted by molar-refractivity contribution is 0.153. The molecule has 20 heavy (non-hydrogen) atoms. The number of hydrogen-bond acceptors (Lipinski definition) is 4. The Bertz CT molecular complexity index is 376. The fourth-order valence-electron chi connectivity index (χ4n) is 2.23. The number of methoxy groups -OCH3 is 1. The smallest absolute Gasteiger partial charge is 0.279 e. The van der Waals surface area contributed by atoms with Gasteiger partial charge in [0.1, 0.15) is 0 Å². The minimum atomic E-state index is -3.37. The highest BCUT2D eigenvalue weighted by Gasteiger charge is 2.29. The number of nitrogens with one attached hydrogen (secondary N) is 1. The van der Waals surface area contributed by atoms with Crippen LogP contribution in [0.4, 0.5) is 0 Å². The van der Waals surface area contributed by atoms with Gasteiger partial charge in [-0.15, -0.1) is 0 Å². The summed E-state index contributed by atoms with van der Waals surface area (Å²) in [6.07, 6.45) is 2.52. The van der Waals surface area contributed by atoms with E-state index in [1.54, 1.807) is 7.11 Å². The maximum atomic E-state index is 12.3. The van der Waals surface area contributed by atoms with Gasteiger partial charge in [-0.25, -0.2) is 4.72 Å². The predicted molar refractivity (Wildman–Crippen MR) is 80.5 cm³/mol. The van der Waals surface area contributed by atoms with Crippen LogP contribution in [-0.2, 0) is 14.9 Å². The zero-order valence-electron chi connectivity index (χ0n) is 12.9. The van der Waals surface area contributed by atoms with Crippen LogP contribution in [0.1, 0.15) is 33.1 Å². The highest BCUT2D eigenvalue weighted by Crippen LogP contribution is 2.21. The summed E-state index contributed by atoms with van der Waals surface area (Å²) in [4.78, 5) is 0. The summed E-state index contributed by atoms with van der Waals surface area (Å²) in [6, 6.07) is 0. The SMILES string of the molecule is COCCC(C)(C)CNS(=O)(=O)N1CCC(CN)CC1. The second-order valence-corrected chi connectivity index (χ2v) is 8.07. The summed E-state index contributed by atoms with van der Waals surface area (Å²) in [5.74, 6) is 0.458. The van der Waals surface area contributed by atoms with E-state index in [9.17, 15) is 8.42 Å². The van der Waals surface area contributed by atoms with Crippen LogP contribution in [0.2, 0.25) is 0 Å². The van der Waals surface area contributed by atoms with E-state index in [0.717, 1.165) is 19.3 Å². The van der Waals surface area contributed by atoms with E-state index in [-0.39, 0.29) is 5.41 Å². The molecule has 6 nitrogen and oxygen atoms in total. The zero-order chi connectivity index (χ0) is 15.2.